The normalized spacial score (nSPS) is 13.2. The van der Waals surface area contributed by atoms with Gasteiger partial charge in [0.25, 0.3) is 5.91 Å². The quantitative estimate of drug-likeness (QED) is 0.511. The molecule has 0 saturated heterocycles. The van der Waals surface area contributed by atoms with Gasteiger partial charge in [-0.3, -0.25) is 4.79 Å². The van der Waals surface area contributed by atoms with Crippen LogP contribution < -0.4 is 14.8 Å². The molecule has 3 aromatic rings. The lowest BCUT2D eigenvalue weighted by Crippen LogP contribution is -2.25. The third-order valence-electron chi connectivity index (χ3n) is 4.46. The van der Waals surface area contributed by atoms with Gasteiger partial charge in [0.05, 0.1) is 7.11 Å². The molecule has 0 radical (unpaired) electrons. The second-order valence-corrected chi connectivity index (χ2v) is 8.38. The monoisotopic (exact) mass is 448 g/mol. The molecule has 1 fully saturated rings. The van der Waals surface area contributed by atoms with Gasteiger partial charge in [0, 0.05) is 32.6 Å². The topological polar surface area (TPSA) is 60.5 Å². The van der Waals surface area contributed by atoms with Gasteiger partial charge >= 0.3 is 0 Å². The van der Waals surface area contributed by atoms with Crippen LogP contribution in [0.15, 0.2) is 41.8 Å². The van der Waals surface area contributed by atoms with Crippen LogP contribution in [0.2, 0.25) is 10.0 Å². The number of thiazole rings is 1. The van der Waals surface area contributed by atoms with Crippen LogP contribution in [0.4, 0.5) is 0 Å². The summed E-state index contributed by atoms with van der Waals surface area (Å²) in [6.07, 6.45) is 2.09. The maximum atomic E-state index is 12.2. The van der Waals surface area contributed by atoms with Crippen molar-refractivity contribution in [2.45, 2.75) is 25.5 Å². The first kappa shape index (κ1) is 20.0. The van der Waals surface area contributed by atoms with Gasteiger partial charge in [0.2, 0.25) is 0 Å². The van der Waals surface area contributed by atoms with Gasteiger partial charge in [-0.2, -0.15) is 0 Å². The van der Waals surface area contributed by atoms with Crippen LogP contribution in [-0.2, 0) is 6.61 Å². The molecule has 1 aliphatic carbocycles. The molecule has 4 rings (SSSR count). The van der Waals surface area contributed by atoms with Crippen molar-refractivity contribution in [3.8, 4) is 22.1 Å². The highest BCUT2D eigenvalue weighted by Gasteiger charge is 2.25. The van der Waals surface area contributed by atoms with E-state index in [0.29, 0.717) is 33.3 Å². The summed E-state index contributed by atoms with van der Waals surface area (Å²) in [6, 6.07) is 11.1. The Morgan fingerprint density at radius 2 is 2.03 bits per heavy atom. The molecule has 29 heavy (non-hydrogen) atoms. The number of nitrogens with zero attached hydrogens (tertiary/aromatic N) is 1. The second kappa shape index (κ2) is 8.61. The van der Waals surface area contributed by atoms with Crippen LogP contribution in [0.25, 0.3) is 10.6 Å². The number of ether oxygens (including phenoxy) is 2. The van der Waals surface area contributed by atoms with E-state index in [1.807, 2.05) is 24.3 Å². The number of hydrogen-bond acceptors (Lipinski definition) is 5. The van der Waals surface area contributed by atoms with Crippen molar-refractivity contribution in [1.82, 2.24) is 10.3 Å². The van der Waals surface area contributed by atoms with E-state index in [1.54, 1.807) is 24.6 Å². The first-order valence-corrected chi connectivity index (χ1v) is 10.7. The molecular formula is C21H18Cl2N2O3S. The molecule has 1 N–H and O–H groups in total. The average Bonchev–Trinajstić information content (AvgIpc) is 3.38. The van der Waals surface area contributed by atoms with Crippen LogP contribution in [-0.4, -0.2) is 24.0 Å². The minimum absolute atomic E-state index is 0.123. The zero-order valence-corrected chi connectivity index (χ0v) is 17.9. The Morgan fingerprint density at radius 3 is 2.76 bits per heavy atom. The molecule has 1 saturated carbocycles. The zero-order valence-electron chi connectivity index (χ0n) is 15.6. The van der Waals surface area contributed by atoms with E-state index < -0.39 is 0 Å². The third kappa shape index (κ3) is 4.83. The van der Waals surface area contributed by atoms with Gasteiger partial charge in [-0.15, -0.1) is 11.3 Å². The number of benzene rings is 2. The number of methoxy groups -OCH3 is 1. The third-order valence-corrected chi connectivity index (χ3v) is 5.94. The number of hydrogen-bond donors (Lipinski definition) is 1. The minimum Gasteiger partial charge on any atom is -0.493 e. The van der Waals surface area contributed by atoms with E-state index >= 15 is 0 Å². The van der Waals surface area contributed by atoms with Crippen molar-refractivity contribution < 1.29 is 14.3 Å². The summed E-state index contributed by atoms with van der Waals surface area (Å²) in [6.45, 7) is 0.286. The first-order chi connectivity index (χ1) is 14.0. The van der Waals surface area contributed by atoms with Crippen molar-refractivity contribution in [3.05, 3.63) is 63.1 Å². The number of carbonyl (C=O) groups excluding carboxylic acids is 1. The summed E-state index contributed by atoms with van der Waals surface area (Å²) in [5.41, 5.74) is 2.12. The predicted octanol–water partition coefficient (Wildman–Crippen LogP) is 5.60. The maximum absolute atomic E-state index is 12.2. The summed E-state index contributed by atoms with van der Waals surface area (Å²) in [5.74, 6) is 1.04. The highest BCUT2D eigenvalue weighted by Crippen LogP contribution is 2.35. The van der Waals surface area contributed by atoms with E-state index in [4.69, 9.17) is 32.7 Å². The van der Waals surface area contributed by atoms with E-state index in [9.17, 15) is 4.79 Å². The molecule has 1 aromatic heterocycles. The first-order valence-electron chi connectivity index (χ1n) is 9.05. The fraction of sp³-hybridized carbons (Fsp3) is 0.238. The van der Waals surface area contributed by atoms with Crippen molar-refractivity contribution in [3.63, 3.8) is 0 Å². The van der Waals surface area contributed by atoms with E-state index in [2.05, 4.69) is 10.3 Å². The summed E-state index contributed by atoms with van der Waals surface area (Å²) in [4.78, 5) is 16.6. The lowest BCUT2D eigenvalue weighted by Gasteiger charge is -2.12. The lowest BCUT2D eigenvalue weighted by molar-refractivity contribution is 0.0947. The second-order valence-electron chi connectivity index (χ2n) is 6.68. The summed E-state index contributed by atoms with van der Waals surface area (Å²) in [7, 11) is 1.58. The van der Waals surface area contributed by atoms with Gasteiger partial charge in [0.15, 0.2) is 11.5 Å². The fourth-order valence-electron chi connectivity index (χ4n) is 2.71. The fourth-order valence-corrected chi connectivity index (χ4v) is 3.97. The molecule has 1 amide bonds. The van der Waals surface area contributed by atoms with Crippen molar-refractivity contribution in [1.29, 1.82) is 0 Å². The van der Waals surface area contributed by atoms with E-state index in [0.717, 1.165) is 29.0 Å². The largest absolute Gasteiger partial charge is 0.493 e. The molecule has 1 aliphatic rings. The van der Waals surface area contributed by atoms with Gasteiger partial charge in [-0.1, -0.05) is 29.3 Å². The minimum atomic E-state index is -0.123. The standard InChI is InChI=1S/C21H18Cl2N2O3S/c1-27-19-8-12(21-25-17(11-29-21)20(26)24-15-5-6-15)3-7-18(19)28-10-13-2-4-14(22)9-16(13)23/h2-4,7-9,11,15H,5-6,10H2,1H3,(H,24,26). The number of rotatable bonds is 7. The van der Waals surface area contributed by atoms with Crippen molar-refractivity contribution in [2.75, 3.05) is 7.11 Å². The summed E-state index contributed by atoms with van der Waals surface area (Å²) < 4.78 is 11.4. The smallest absolute Gasteiger partial charge is 0.270 e. The molecule has 0 atom stereocenters. The average molecular weight is 449 g/mol. The van der Waals surface area contributed by atoms with Crippen molar-refractivity contribution in [2.24, 2.45) is 0 Å². The number of aromatic nitrogens is 1. The zero-order chi connectivity index (χ0) is 20.4. The maximum Gasteiger partial charge on any atom is 0.270 e. The molecule has 2 aromatic carbocycles. The molecule has 5 nitrogen and oxygen atoms in total. The number of nitrogens with one attached hydrogen (secondary N) is 1. The lowest BCUT2D eigenvalue weighted by atomic mass is 10.2. The van der Waals surface area contributed by atoms with Gasteiger partial charge in [-0.25, -0.2) is 4.98 Å². The Bertz CT molecular complexity index is 1050. The number of carbonyl (C=O) groups is 1. The molecule has 0 aliphatic heterocycles. The predicted molar refractivity (Wildman–Crippen MR) is 115 cm³/mol. The molecule has 0 spiro atoms. The van der Waals surface area contributed by atoms with E-state index in [1.165, 1.54) is 11.3 Å². The molecule has 8 heteroatoms. The molecule has 0 bridgehead atoms. The molecule has 0 unspecified atom stereocenters. The van der Waals surface area contributed by atoms with Crippen molar-refractivity contribution >= 4 is 40.4 Å². The summed E-state index contributed by atoms with van der Waals surface area (Å²) in [5, 5.41) is 6.59. The highest BCUT2D eigenvalue weighted by atomic mass is 35.5. The van der Waals surface area contributed by atoms with Crippen LogP contribution in [0.5, 0.6) is 11.5 Å². The molecule has 1 heterocycles. The Labute approximate surface area is 182 Å². The molecular weight excluding hydrogens is 431 g/mol. The van der Waals surface area contributed by atoms with Crippen LogP contribution in [0.1, 0.15) is 28.9 Å². The van der Waals surface area contributed by atoms with Gasteiger partial charge in [0.1, 0.15) is 17.3 Å². The van der Waals surface area contributed by atoms with Gasteiger partial charge < -0.3 is 14.8 Å². The van der Waals surface area contributed by atoms with Gasteiger partial charge in [-0.05, 0) is 43.2 Å². The SMILES string of the molecule is COc1cc(-c2nc(C(=O)NC3CC3)cs2)ccc1OCc1ccc(Cl)cc1Cl. The Hall–Kier alpha value is -2.28. The Balaban J connectivity index is 1.49. The Morgan fingerprint density at radius 1 is 1.21 bits per heavy atom. The van der Waals surface area contributed by atoms with E-state index in [-0.39, 0.29) is 12.5 Å². The molecule has 150 valence electrons. The summed E-state index contributed by atoms with van der Waals surface area (Å²) >= 11 is 13.6. The Kier molecular flexibility index (Phi) is 5.94. The van der Waals surface area contributed by atoms with Crippen LogP contribution in [0, 0.1) is 0 Å². The number of amides is 1. The highest BCUT2D eigenvalue weighted by molar-refractivity contribution is 7.13. The van der Waals surface area contributed by atoms with Crippen LogP contribution in [0.3, 0.4) is 0 Å². The number of halogens is 2. The van der Waals surface area contributed by atoms with Crippen LogP contribution >= 0.6 is 34.5 Å².